The molecule has 0 unspecified atom stereocenters. The van der Waals surface area contributed by atoms with Crippen molar-refractivity contribution >= 4 is 45.7 Å². The van der Waals surface area contributed by atoms with Crippen LogP contribution < -0.4 is 10.6 Å². The Morgan fingerprint density at radius 2 is 2.17 bits per heavy atom. The van der Waals surface area contributed by atoms with Crippen molar-refractivity contribution in [1.82, 2.24) is 19.7 Å². The van der Waals surface area contributed by atoms with Crippen molar-refractivity contribution in [3.63, 3.8) is 0 Å². The summed E-state index contributed by atoms with van der Waals surface area (Å²) in [6, 6.07) is 5.68. The molecule has 6 nitrogen and oxygen atoms in total. The molecule has 0 saturated heterocycles. The van der Waals surface area contributed by atoms with Crippen LogP contribution in [-0.4, -0.2) is 27.3 Å². The van der Waals surface area contributed by atoms with Gasteiger partial charge in [-0.05, 0) is 52.8 Å². The van der Waals surface area contributed by atoms with Gasteiger partial charge in [0.15, 0.2) is 11.5 Å². The van der Waals surface area contributed by atoms with E-state index in [0.29, 0.717) is 11.4 Å². The van der Waals surface area contributed by atoms with Crippen LogP contribution in [-0.2, 0) is 6.42 Å². The standard InChI is InChI=1S/C16H16IN5O/c1-3-10-8-11(4-5-12(10)16(23)18-2)21-14-15-20-9-13(17)22(15)7-6-19-14/h4-9H,3H2,1-2H3,(H,18,23)(H,19,21). The minimum absolute atomic E-state index is 0.0727. The zero-order valence-corrected chi connectivity index (χ0v) is 15.0. The smallest absolute Gasteiger partial charge is 0.251 e. The van der Waals surface area contributed by atoms with Crippen molar-refractivity contribution in [2.75, 3.05) is 12.4 Å². The third kappa shape index (κ3) is 3.00. The number of amides is 1. The number of fused-ring (bicyclic) bond motifs is 1. The molecular formula is C16H16IN5O. The lowest BCUT2D eigenvalue weighted by Gasteiger charge is -2.11. The molecule has 1 aromatic carbocycles. The molecule has 0 aliphatic heterocycles. The normalized spacial score (nSPS) is 10.7. The van der Waals surface area contributed by atoms with E-state index in [1.807, 2.05) is 35.7 Å². The summed E-state index contributed by atoms with van der Waals surface area (Å²) in [5.41, 5.74) is 3.33. The van der Waals surface area contributed by atoms with Gasteiger partial charge >= 0.3 is 0 Å². The van der Waals surface area contributed by atoms with Gasteiger partial charge in [0.25, 0.3) is 5.91 Å². The van der Waals surface area contributed by atoms with Crippen LogP contribution in [0.5, 0.6) is 0 Å². The zero-order valence-electron chi connectivity index (χ0n) is 12.8. The van der Waals surface area contributed by atoms with Crippen LogP contribution in [0.15, 0.2) is 36.8 Å². The first-order valence-electron chi connectivity index (χ1n) is 7.23. The summed E-state index contributed by atoms with van der Waals surface area (Å²) in [6.45, 7) is 2.03. The molecule has 118 valence electrons. The number of benzene rings is 1. The summed E-state index contributed by atoms with van der Waals surface area (Å²) in [6.07, 6.45) is 6.19. The average molecular weight is 421 g/mol. The topological polar surface area (TPSA) is 71.3 Å². The highest BCUT2D eigenvalue weighted by Gasteiger charge is 2.11. The number of hydrogen-bond donors (Lipinski definition) is 2. The predicted octanol–water partition coefficient (Wildman–Crippen LogP) is 3.00. The molecule has 0 saturated carbocycles. The second-order valence-electron chi connectivity index (χ2n) is 4.98. The Balaban J connectivity index is 1.97. The first-order valence-corrected chi connectivity index (χ1v) is 8.31. The number of aromatic nitrogens is 3. The second-order valence-corrected chi connectivity index (χ2v) is 6.09. The van der Waals surface area contributed by atoms with E-state index in [2.05, 4.69) is 43.2 Å². The maximum absolute atomic E-state index is 11.9. The fourth-order valence-electron chi connectivity index (χ4n) is 2.43. The Hall–Kier alpha value is -2.16. The Kier molecular flexibility index (Phi) is 4.46. The molecule has 0 aliphatic rings. The van der Waals surface area contributed by atoms with Crippen LogP contribution in [0.25, 0.3) is 5.65 Å². The monoisotopic (exact) mass is 421 g/mol. The van der Waals surface area contributed by atoms with Crippen molar-refractivity contribution in [3.8, 4) is 0 Å². The lowest BCUT2D eigenvalue weighted by Crippen LogP contribution is -2.19. The molecule has 0 aliphatic carbocycles. The summed E-state index contributed by atoms with van der Waals surface area (Å²) >= 11 is 2.23. The number of imidazole rings is 1. The van der Waals surface area contributed by atoms with Gasteiger partial charge in [-0.3, -0.25) is 9.20 Å². The van der Waals surface area contributed by atoms with Crippen LogP contribution >= 0.6 is 22.6 Å². The van der Waals surface area contributed by atoms with E-state index in [1.54, 1.807) is 19.4 Å². The average Bonchev–Trinajstić information content (AvgIpc) is 2.96. The third-order valence-electron chi connectivity index (χ3n) is 3.60. The predicted molar refractivity (Wildman–Crippen MR) is 98.2 cm³/mol. The van der Waals surface area contributed by atoms with E-state index in [4.69, 9.17) is 0 Å². The van der Waals surface area contributed by atoms with E-state index in [0.717, 1.165) is 27.0 Å². The van der Waals surface area contributed by atoms with Gasteiger partial charge in [0, 0.05) is 30.7 Å². The first-order chi connectivity index (χ1) is 11.1. The highest BCUT2D eigenvalue weighted by molar-refractivity contribution is 14.1. The number of aryl methyl sites for hydroxylation is 1. The third-order valence-corrected chi connectivity index (χ3v) is 4.40. The van der Waals surface area contributed by atoms with Crippen molar-refractivity contribution in [2.24, 2.45) is 0 Å². The molecule has 3 rings (SSSR count). The minimum atomic E-state index is -0.0727. The molecular weight excluding hydrogens is 405 g/mol. The molecule has 0 spiro atoms. The molecule has 0 atom stereocenters. The molecule has 0 radical (unpaired) electrons. The number of anilines is 2. The molecule has 0 bridgehead atoms. The van der Waals surface area contributed by atoms with E-state index in [9.17, 15) is 4.79 Å². The van der Waals surface area contributed by atoms with Gasteiger partial charge in [-0.2, -0.15) is 0 Å². The number of halogens is 1. The lowest BCUT2D eigenvalue weighted by molar-refractivity contribution is 0.0962. The molecule has 1 amide bonds. The largest absolute Gasteiger partial charge is 0.355 e. The van der Waals surface area contributed by atoms with E-state index < -0.39 is 0 Å². The van der Waals surface area contributed by atoms with Gasteiger partial charge in [0.1, 0.15) is 3.70 Å². The van der Waals surface area contributed by atoms with Crippen LogP contribution in [0.1, 0.15) is 22.8 Å². The Morgan fingerprint density at radius 1 is 1.35 bits per heavy atom. The lowest BCUT2D eigenvalue weighted by atomic mass is 10.0. The number of rotatable bonds is 4. The molecule has 2 N–H and O–H groups in total. The quantitative estimate of drug-likeness (QED) is 0.636. The van der Waals surface area contributed by atoms with E-state index in [-0.39, 0.29) is 5.91 Å². The Labute approximate surface area is 147 Å². The van der Waals surface area contributed by atoms with Gasteiger partial charge in [-0.25, -0.2) is 9.97 Å². The maximum Gasteiger partial charge on any atom is 0.251 e. The van der Waals surface area contributed by atoms with Crippen molar-refractivity contribution in [1.29, 1.82) is 0 Å². The van der Waals surface area contributed by atoms with Crippen molar-refractivity contribution < 1.29 is 4.79 Å². The second kappa shape index (κ2) is 6.53. The number of nitrogens with zero attached hydrogens (tertiary/aromatic N) is 3. The van der Waals surface area contributed by atoms with Gasteiger partial charge in [0.05, 0.1) is 6.20 Å². The minimum Gasteiger partial charge on any atom is -0.355 e. The van der Waals surface area contributed by atoms with Crippen LogP contribution in [0.2, 0.25) is 0 Å². The highest BCUT2D eigenvalue weighted by Crippen LogP contribution is 2.23. The fourth-order valence-corrected chi connectivity index (χ4v) is 2.96. The number of carbonyl (C=O) groups is 1. The zero-order chi connectivity index (χ0) is 16.4. The van der Waals surface area contributed by atoms with Crippen LogP contribution in [0.3, 0.4) is 0 Å². The first kappa shape index (κ1) is 15.7. The van der Waals surface area contributed by atoms with Crippen molar-refractivity contribution in [2.45, 2.75) is 13.3 Å². The van der Waals surface area contributed by atoms with Crippen LogP contribution in [0.4, 0.5) is 11.5 Å². The molecule has 7 heteroatoms. The number of hydrogen-bond acceptors (Lipinski definition) is 4. The summed E-state index contributed by atoms with van der Waals surface area (Å²) in [4.78, 5) is 20.6. The fraction of sp³-hybridized carbons (Fsp3) is 0.188. The summed E-state index contributed by atoms with van der Waals surface area (Å²) < 4.78 is 2.99. The molecule has 0 fully saturated rings. The molecule has 3 aromatic rings. The number of nitrogens with one attached hydrogen (secondary N) is 2. The number of carbonyl (C=O) groups excluding carboxylic acids is 1. The van der Waals surface area contributed by atoms with Crippen molar-refractivity contribution in [3.05, 3.63) is 51.6 Å². The molecule has 23 heavy (non-hydrogen) atoms. The Morgan fingerprint density at radius 3 is 2.91 bits per heavy atom. The SMILES string of the molecule is CCc1cc(Nc2nccn3c(I)cnc23)ccc1C(=O)NC. The van der Waals surface area contributed by atoms with E-state index >= 15 is 0 Å². The summed E-state index contributed by atoms with van der Waals surface area (Å²) in [5, 5.41) is 5.96. The summed E-state index contributed by atoms with van der Waals surface area (Å²) in [5.74, 6) is 0.613. The highest BCUT2D eigenvalue weighted by atomic mass is 127. The van der Waals surface area contributed by atoms with Gasteiger partial charge in [-0.1, -0.05) is 6.92 Å². The van der Waals surface area contributed by atoms with Gasteiger partial charge in [-0.15, -0.1) is 0 Å². The van der Waals surface area contributed by atoms with Crippen LogP contribution in [0, 0.1) is 3.70 Å². The molecule has 2 heterocycles. The molecule has 2 aromatic heterocycles. The van der Waals surface area contributed by atoms with E-state index in [1.165, 1.54) is 0 Å². The van der Waals surface area contributed by atoms with Gasteiger partial charge < -0.3 is 10.6 Å². The maximum atomic E-state index is 11.9. The van der Waals surface area contributed by atoms with Gasteiger partial charge in [0.2, 0.25) is 0 Å². The Bertz CT molecular complexity index is 874. The summed E-state index contributed by atoms with van der Waals surface area (Å²) in [7, 11) is 1.64.